The van der Waals surface area contributed by atoms with Crippen molar-refractivity contribution >= 4 is 34.6 Å². The van der Waals surface area contributed by atoms with Crippen molar-refractivity contribution in [3.63, 3.8) is 0 Å². The quantitative estimate of drug-likeness (QED) is 0.250. The predicted octanol–water partition coefficient (Wildman–Crippen LogP) is 5.06. The van der Waals surface area contributed by atoms with E-state index in [0.717, 1.165) is 41.6 Å². The van der Waals surface area contributed by atoms with Gasteiger partial charge in [0.25, 0.3) is 0 Å². The normalized spacial score (nSPS) is 15.7. The van der Waals surface area contributed by atoms with Gasteiger partial charge in [0, 0.05) is 56.1 Å². The van der Waals surface area contributed by atoms with Crippen LogP contribution in [0.1, 0.15) is 43.5 Å². The number of nitrogens with one attached hydrogen (secondary N) is 1. The number of urea groups is 1. The number of piperazine rings is 1. The van der Waals surface area contributed by atoms with Crippen LogP contribution < -0.4 is 24.4 Å². The molecule has 2 aromatic carbocycles. The number of anilines is 2. The molecule has 10 nitrogen and oxygen atoms in total. The largest absolute Gasteiger partial charge is 0.493 e. The van der Waals surface area contributed by atoms with Crippen molar-refractivity contribution in [3.05, 3.63) is 48.2 Å². The fourth-order valence-corrected chi connectivity index (χ4v) is 5.61. The number of ether oxygens (including phenoxy) is 3. The summed E-state index contributed by atoms with van der Waals surface area (Å²) in [5, 5.41) is 3.79. The number of aromatic nitrogens is 1. The van der Waals surface area contributed by atoms with E-state index in [4.69, 9.17) is 14.2 Å². The monoisotopic (exact) mass is 575 g/mol. The molecule has 2 saturated heterocycles. The van der Waals surface area contributed by atoms with Gasteiger partial charge in [-0.25, -0.2) is 4.79 Å². The van der Waals surface area contributed by atoms with Gasteiger partial charge < -0.3 is 34.2 Å². The summed E-state index contributed by atoms with van der Waals surface area (Å²) in [7, 11) is 1.62. The van der Waals surface area contributed by atoms with Crippen molar-refractivity contribution in [2.45, 2.75) is 39.2 Å². The van der Waals surface area contributed by atoms with Crippen molar-refractivity contribution in [3.8, 4) is 17.2 Å². The van der Waals surface area contributed by atoms with Gasteiger partial charge >= 0.3 is 6.03 Å². The second-order valence-corrected chi connectivity index (χ2v) is 11.0. The van der Waals surface area contributed by atoms with Gasteiger partial charge in [-0.1, -0.05) is 0 Å². The zero-order valence-corrected chi connectivity index (χ0v) is 24.8. The Morgan fingerprint density at radius 3 is 2.43 bits per heavy atom. The van der Waals surface area contributed by atoms with Crippen molar-refractivity contribution in [1.82, 2.24) is 14.8 Å². The summed E-state index contributed by atoms with van der Waals surface area (Å²) in [6, 6.07) is 11.0. The topological polar surface area (TPSA) is 96.5 Å². The number of pyridine rings is 1. The molecule has 5 rings (SSSR count). The number of carbonyl (C=O) groups is 2. The lowest BCUT2D eigenvalue weighted by Crippen LogP contribution is -2.50. The molecule has 2 aliphatic rings. The maximum Gasteiger partial charge on any atom is 0.321 e. The molecule has 1 N–H and O–H groups in total. The van der Waals surface area contributed by atoms with Crippen LogP contribution in [-0.4, -0.2) is 92.7 Å². The molecule has 0 bridgehead atoms. The summed E-state index contributed by atoms with van der Waals surface area (Å²) in [5.74, 6) is 2.02. The molecular weight excluding hydrogens is 534 g/mol. The SMILES string of the molecule is COc1cc2c(N3CCN(C(=O)Nc4ccc(OC(C)C)cc4)CC3)c(C=O)cnc2cc1OCCCN1CCCC1. The Balaban J connectivity index is 1.25. The highest BCUT2D eigenvalue weighted by atomic mass is 16.5. The van der Waals surface area contributed by atoms with Crippen LogP contribution in [0.3, 0.4) is 0 Å². The third kappa shape index (κ3) is 7.05. The first-order valence-corrected chi connectivity index (χ1v) is 14.8. The van der Waals surface area contributed by atoms with Crippen LogP contribution >= 0.6 is 0 Å². The molecular formula is C32H41N5O5. The molecule has 0 saturated carbocycles. The summed E-state index contributed by atoms with van der Waals surface area (Å²) in [6.45, 7) is 10.1. The lowest BCUT2D eigenvalue weighted by Gasteiger charge is -2.37. The number of rotatable bonds is 11. The summed E-state index contributed by atoms with van der Waals surface area (Å²) in [6.07, 6.45) is 6.04. The lowest BCUT2D eigenvalue weighted by molar-refractivity contribution is 0.112. The van der Waals surface area contributed by atoms with Gasteiger partial charge in [-0.05, 0) is 76.5 Å². The van der Waals surface area contributed by atoms with E-state index in [2.05, 4.69) is 20.1 Å². The van der Waals surface area contributed by atoms with Crippen molar-refractivity contribution in [1.29, 1.82) is 0 Å². The van der Waals surface area contributed by atoms with Crippen molar-refractivity contribution in [2.75, 3.05) is 69.7 Å². The average molecular weight is 576 g/mol. The number of carbonyl (C=O) groups excluding carboxylic acids is 2. The zero-order chi connectivity index (χ0) is 29.5. The molecule has 2 amide bonds. The summed E-state index contributed by atoms with van der Waals surface area (Å²) in [4.78, 5) is 36.0. The number of benzene rings is 2. The minimum Gasteiger partial charge on any atom is -0.493 e. The van der Waals surface area contributed by atoms with E-state index in [1.54, 1.807) is 18.2 Å². The van der Waals surface area contributed by atoms with Gasteiger partial charge in [0.15, 0.2) is 17.8 Å². The molecule has 10 heteroatoms. The van der Waals surface area contributed by atoms with E-state index in [9.17, 15) is 9.59 Å². The third-order valence-corrected chi connectivity index (χ3v) is 7.72. The van der Waals surface area contributed by atoms with Gasteiger partial charge in [0.1, 0.15) is 5.75 Å². The fraction of sp³-hybridized carbons (Fsp3) is 0.469. The standard InChI is InChI=1S/C32H41N5O5/c1-23(2)42-26-9-7-25(8-10-26)34-32(39)37-16-14-36(15-17-37)31-24(22-38)21-33-28-20-30(29(40-3)19-27(28)31)41-18-6-13-35-11-4-5-12-35/h7-10,19-23H,4-6,11-18H2,1-3H3,(H,34,39). The molecule has 0 radical (unpaired) electrons. The van der Waals surface area contributed by atoms with Crippen LogP contribution in [0.5, 0.6) is 17.2 Å². The number of fused-ring (bicyclic) bond motifs is 1. The minimum absolute atomic E-state index is 0.0879. The number of aldehydes is 1. The minimum atomic E-state index is -0.157. The van der Waals surface area contributed by atoms with E-state index in [1.165, 1.54) is 25.9 Å². The van der Waals surface area contributed by atoms with E-state index in [1.807, 2.05) is 50.2 Å². The lowest BCUT2D eigenvalue weighted by atomic mass is 10.1. The maximum atomic E-state index is 13.0. The molecule has 0 unspecified atom stereocenters. The Kier molecular flexibility index (Phi) is 9.63. The molecule has 3 aromatic rings. The number of nitrogens with zero attached hydrogens (tertiary/aromatic N) is 4. The Morgan fingerprint density at radius 1 is 1.02 bits per heavy atom. The predicted molar refractivity (Wildman–Crippen MR) is 164 cm³/mol. The van der Waals surface area contributed by atoms with Crippen LogP contribution in [0, 0.1) is 0 Å². The number of hydrogen-bond acceptors (Lipinski definition) is 8. The van der Waals surface area contributed by atoms with Gasteiger partial charge in [0.2, 0.25) is 0 Å². The summed E-state index contributed by atoms with van der Waals surface area (Å²) >= 11 is 0. The second-order valence-electron chi connectivity index (χ2n) is 11.0. The summed E-state index contributed by atoms with van der Waals surface area (Å²) in [5.41, 5.74) is 2.75. The van der Waals surface area contributed by atoms with E-state index < -0.39 is 0 Å². The molecule has 0 spiro atoms. The Bertz CT molecular complexity index is 1370. The Hall–Kier alpha value is -4.05. The molecule has 2 aliphatic heterocycles. The highest BCUT2D eigenvalue weighted by Crippen LogP contribution is 2.38. The molecule has 1 aromatic heterocycles. The van der Waals surface area contributed by atoms with Crippen LogP contribution in [-0.2, 0) is 0 Å². The Labute approximate surface area is 247 Å². The summed E-state index contributed by atoms with van der Waals surface area (Å²) < 4.78 is 17.5. The number of amides is 2. The van der Waals surface area contributed by atoms with Gasteiger partial charge in [-0.2, -0.15) is 0 Å². The van der Waals surface area contributed by atoms with E-state index in [-0.39, 0.29) is 12.1 Å². The van der Waals surface area contributed by atoms with Gasteiger partial charge in [0.05, 0.1) is 36.6 Å². The Morgan fingerprint density at radius 2 is 1.76 bits per heavy atom. The van der Waals surface area contributed by atoms with Crippen LogP contribution in [0.15, 0.2) is 42.6 Å². The smallest absolute Gasteiger partial charge is 0.321 e. The molecule has 2 fully saturated rings. The van der Waals surface area contributed by atoms with Gasteiger partial charge in [-0.15, -0.1) is 0 Å². The molecule has 3 heterocycles. The first-order valence-electron chi connectivity index (χ1n) is 14.8. The van der Waals surface area contributed by atoms with Crippen LogP contribution in [0.2, 0.25) is 0 Å². The van der Waals surface area contributed by atoms with Crippen LogP contribution in [0.4, 0.5) is 16.2 Å². The van der Waals surface area contributed by atoms with E-state index in [0.29, 0.717) is 55.5 Å². The highest BCUT2D eigenvalue weighted by molar-refractivity contribution is 6.02. The maximum absolute atomic E-state index is 13.0. The number of likely N-dealkylation sites (tertiary alicyclic amines) is 1. The number of methoxy groups -OCH3 is 1. The van der Waals surface area contributed by atoms with Gasteiger partial charge in [-0.3, -0.25) is 9.78 Å². The third-order valence-electron chi connectivity index (χ3n) is 7.72. The molecule has 42 heavy (non-hydrogen) atoms. The first-order chi connectivity index (χ1) is 20.4. The van der Waals surface area contributed by atoms with Crippen molar-refractivity contribution in [2.24, 2.45) is 0 Å². The van der Waals surface area contributed by atoms with Crippen LogP contribution in [0.25, 0.3) is 10.9 Å². The molecule has 0 atom stereocenters. The molecule has 224 valence electrons. The second kappa shape index (κ2) is 13.7. The number of hydrogen-bond donors (Lipinski definition) is 1. The fourth-order valence-electron chi connectivity index (χ4n) is 5.61. The first kappa shape index (κ1) is 29.4. The van der Waals surface area contributed by atoms with E-state index >= 15 is 0 Å². The molecule has 0 aliphatic carbocycles. The zero-order valence-electron chi connectivity index (χ0n) is 24.8. The van der Waals surface area contributed by atoms with Crippen molar-refractivity contribution < 1.29 is 23.8 Å². The highest BCUT2D eigenvalue weighted by Gasteiger charge is 2.25. The average Bonchev–Trinajstić information content (AvgIpc) is 3.53.